The van der Waals surface area contributed by atoms with Crippen molar-refractivity contribution in [3.8, 4) is 0 Å². The molecular formula is C29H50O6. The van der Waals surface area contributed by atoms with Crippen LogP contribution < -0.4 is 0 Å². The number of cyclic esters (lactones) is 1. The van der Waals surface area contributed by atoms with Gasteiger partial charge in [0, 0.05) is 0 Å². The van der Waals surface area contributed by atoms with E-state index in [4.69, 9.17) is 4.74 Å². The van der Waals surface area contributed by atoms with Crippen molar-refractivity contribution >= 4 is 5.97 Å². The van der Waals surface area contributed by atoms with Crippen LogP contribution in [0.1, 0.15) is 86.5 Å². The summed E-state index contributed by atoms with van der Waals surface area (Å²) in [6.45, 7) is 13.4. The lowest BCUT2D eigenvalue weighted by Gasteiger charge is -2.56. The normalized spacial score (nSPS) is 47.1. The fourth-order valence-corrected chi connectivity index (χ4v) is 9.60. The van der Waals surface area contributed by atoms with E-state index >= 15 is 0 Å². The van der Waals surface area contributed by atoms with E-state index in [1.54, 1.807) is 0 Å². The molecule has 13 atom stereocenters. The van der Waals surface area contributed by atoms with Crippen LogP contribution in [0.4, 0.5) is 0 Å². The molecule has 0 bridgehead atoms. The van der Waals surface area contributed by atoms with Crippen molar-refractivity contribution in [2.24, 2.45) is 58.2 Å². The average Bonchev–Trinajstić information content (AvgIpc) is 3.11. The predicted molar refractivity (Wildman–Crippen MR) is 134 cm³/mol. The van der Waals surface area contributed by atoms with Crippen molar-refractivity contribution in [2.45, 2.75) is 111 Å². The van der Waals surface area contributed by atoms with Gasteiger partial charge in [0.05, 0.1) is 36.9 Å². The second-order valence-corrected chi connectivity index (χ2v) is 13.5. The van der Waals surface area contributed by atoms with Gasteiger partial charge < -0.3 is 25.2 Å². The second kappa shape index (κ2) is 9.89. The molecule has 4 N–H and O–H groups in total. The third-order valence-electron chi connectivity index (χ3n) is 11.7. The number of esters is 1. The highest BCUT2D eigenvalue weighted by molar-refractivity contribution is 5.74. The molecule has 0 aromatic heterocycles. The first-order valence-corrected chi connectivity index (χ1v) is 14.3. The van der Waals surface area contributed by atoms with Gasteiger partial charge in [0.15, 0.2) is 0 Å². The Morgan fingerprint density at radius 1 is 0.971 bits per heavy atom. The molecule has 3 aliphatic carbocycles. The monoisotopic (exact) mass is 494 g/mol. The van der Waals surface area contributed by atoms with Crippen molar-refractivity contribution in [1.29, 1.82) is 0 Å². The summed E-state index contributed by atoms with van der Waals surface area (Å²) in [5.74, 6) is 1.01. The Hall–Kier alpha value is -0.690. The largest absolute Gasteiger partial charge is 0.465 e. The van der Waals surface area contributed by atoms with Crippen molar-refractivity contribution < 1.29 is 30.0 Å². The van der Waals surface area contributed by atoms with Gasteiger partial charge in [-0.15, -0.1) is 0 Å². The van der Waals surface area contributed by atoms with Crippen molar-refractivity contribution in [3.63, 3.8) is 0 Å². The van der Waals surface area contributed by atoms with Crippen LogP contribution in [0.5, 0.6) is 0 Å². The Kier molecular flexibility index (Phi) is 7.72. The molecule has 202 valence electrons. The number of aliphatic hydroxyl groups excluding tert-OH is 4. The van der Waals surface area contributed by atoms with E-state index < -0.39 is 24.4 Å². The molecule has 4 rings (SSSR count). The topological polar surface area (TPSA) is 107 Å². The van der Waals surface area contributed by atoms with E-state index in [2.05, 4.69) is 41.5 Å². The highest BCUT2D eigenvalue weighted by Gasteiger charge is 2.63. The van der Waals surface area contributed by atoms with Crippen LogP contribution in [0.25, 0.3) is 0 Å². The predicted octanol–water partition coefficient (Wildman–Crippen LogP) is 3.78. The Bertz CT molecular complexity index is 770. The molecule has 0 radical (unpaired) electrons. The van der Waals surface area contributed by atoms with Gasteiger partial charge in [-0.3, -0.25) is 4.79 Å². The van der Waals surface area contributed by atoms with Gasteiger partial charge in [0.1, 0.15) is 0 Å². The summed E-state index contributed by atoms with van der Waals surface area (Å²) in [5.41, 5.74) is -0.348. The van der Waals surface area contributed by atoms with Crippen LogP contribution in [-0.2, 0) is 9.53 Å². The summed E-state index contributed by atoms with van der Waals surface area (Å²) >= 11 is 0. The van der Waals surface area contributed by atoms with E-state index in [9.17, 15) is 25.2 Å². The molecule has 0 aromatic carbocycles. The lowest BCUT2D eigenvalue weighted by Crippen LogP contribution is -2.55. The Morgan fingerprint density at radius 2 is 1.63 bits per heavy atom. The average molecular weight is 495 g/mol. The lowest BCUT2D eigenvalue weighted by atomic mass is 9.48. The fraction of sp³-hybridized carbons (Fsp3) is 0.966. The van der Waals surface area contributed by atoms with Crippen molar-refractivity contribution in [2.75, 3.05) is 6.61 Å². The molecule has 1 heterocycles. The summed E-state index contributed by atoms with van der Waals surface area (Å²) in [5, 5.41) is 43.2. The van der Waals surface area contributed by atoms with E-state index in [1.807, 2.05) is 0 Å². The van der Waals surface area contributed by atoms with E-state index in [-0.39, 0.29) is 52.8 Å². The van der Waals surface area contributed by atoms with Crippen LogP contribution >= 0.6 is 0 Å². The number of ether oxygens (including phenoxy) is 1. The number of rotatable bonds is 6. The number of carbonyl (C=O) groups excluding carboxylic acids is 1. The number of hydrogen-bond acceptors (Lipinski definition) is 6. The van der Waals surface area contributed by atoms with Crippen LogP contribution in [0.2, 0.25) is 0 Å². The van der Waals surface area contributed by atoms with Crippen LogP contribution in [0.3, 0.4) is 0 Å². The first kappa shape index (κ1) is 27.3. The third kappa shape index (κ3) is 4.38. The molecule has 0 amide bonds. The number of aliphatic hydroxyl groups is 4. The maximum absolute atomic E-state index is 13.0. The summed E-state index contributed by atoms with van der Waals surface area (Å²) in [6, 6.07) is 0. The molecule has 4 fully saturated rings. The zero-order valence-corrected chi connectivity index (χ0v) is 22.7. The van der Waals surface area contributed by atoms with Gasteiger partial charge in [-0.2, -0.15) is 0 Å². The van der Waals surface area contributed by atoms with E-state index in [1.165, 1.54) is 0 Å². The molecule has 4 aliphatic rings. The maximum Gasteiger partial charge on any atom is 0.309 e. The Morgan fingerprint density at radius 3 is 2.26 bits per heavy atom. The highest BCUT2D eigenvalue weighted by Crippen LogP contribution is 2.66. The van der Waals surface area contributed by atoms with Crippen molar-refractivity contribution in [1.82, 2.24) is 0 Å². The summed E-state index contributed by atoms with van der Waals surface area (Å²) in [7, 11) is 0. The quantitative estimate of drug-likeness (QED) is 0.419. The molecule has 0 aromatic rings. The van der Waals surface area contributed by atoms with Crippen LogP contribution in [0.15, 0.2) is 0 Å². The standard InChI is InChI=1S/C29H50O6/c1-7-17(15(2)3)26(33)25(32)16(4)19-8-9-20-18-14-35-27(34)22-12-23(30)24(31)13-29(22,6)21(18)10-11-28(19,20)5/h15-26,30-33H,7-14H2,1-6H3/t16?,17-,18?,19?,20?,21?,22?,23-,24+,25+,26+,28+,29+/m0/s1. The number of hydrogen-bond donors (Lipinski definition) is 4. The van der Waals surface area contributed by atoms with Gasteiger partial charge in [-0.05, 0) is 90.8 Å². The van der Waals surface area contributed by atoms with Gasteiger partial charge in [0.25, 0.3) is 0 Å². The molecular weight excluding hydrogens is 444 g/mol. The summed E-state index contributed by atoms with van der Waals surface area (Å²) in [6.07, 6.45) is 2.49. The maximum atomic E-state index is 13.0. The van der Waals surface area contributed by atoms with Gasteiger partial charge in [-0.25, -0.2) is 0 Å². The second-order valence-electron chi connectivity index (χ2n) is 13.5. The number of fused-ring (bicyclic) bond motifs is 5. The first-order chi connectivity index (χ1) is 16.4. The zero-order chi connectivity index (χ0) is 25.9. The summed E-state index contributed by atoms with van der Waals surface area (Å²) < 4.78 is 5.88. The fourth-order valence-electron chi connectivity index (χ4n) is 9.60. The number of carbonyl (C=O) groups is 1. The minimum absolute atomic E-state index is 0.00679. The minimum Gasteiger partial charge on any atom is -0.465 e. The van der Waals surface area contributed by atoms with Gasteiger partial charge >= 0.3 is 5.97 Å². The SMILES string of the molecule is CC[C@@H](C(C)C)[C@@H](O)[C@H](O)C(C)C1CCC2C3COC(=O)C4C[C@H](O)[C@H](O)C[C@]4(C)C3CC[C@@]21C. The third-order valence-corrected chi connectivity index (χ3v) is 11.7. The molecule has 6 unspecified atom stereocenters. The van der Waals surface area contributed by atoms with E-state index in [0.29, 0.717) is 30.8 Å². The Balaban J connectivity index is 1.57. The smallest absolute Gasteiger partial charge is 0.309 e. The highest BCUT2D eigenvalue weighted by atomic mass is 16.5. The van der Waals surface area contributed by atoms with Gasteiger partial charge in [0.2, 0.25) is 0 Å². The van der Waals surface area contributed by atoms with Crippen molar-refractivity contribution in [3.05, 3.63) is 0 Å². The first-order valence-electron chi connectivity index (χ1n) is 14.3. The molecule has 6 heteroatoms. The van der Waals surface area contributed by atoms with Crippen LogP contribution in [0, 0.1) is 58.2 Å². The molecule has 1 saturated heterocycles. The Labute approximate surface area is 211 Å². The molecule has 35 heavy (non-hydrogen) atoms. The summed E-state index contributed by atoms with van der Waals surface area (Å²) in [4.78, 5) is 13.0. The van der Waals surface area contributed by atoms with Gasteiger partial charge in [-0.1, -0.05) is 48.0 Å². The zero-order valence-electron chi connectivity index (χ0n) is 22.7. The lowest BCUT2D eigenvalue weighted by molar-refractivity contribution is -0.162. The van der Waals surface area contributed by atoms with E-state index in [0.717, 1.165) is 32.1 Å². The molecule has 6 nitrogen and oxygen atoms in total. The van der Waals surface area contributed by atoms with Crippen LogP contribution in [-0.4, -0.2) is 57.4 Å². The molecule has 0 spiro atoms. The molecule has 3 saturated carbocycles. The minimum atomic E-state index is -0.867. The molecule has 1 aliphatic heterocycles.